The van der Waals surface area contributed by atoms with Crippen molar-refractivity contribution in [3.05, 3.63) is 0 Å². The van der Waals surface area contributed by atoms with Crippen LogP contribution in [-0.4, -0.2) is 21.9 Å². The maximum absolute atomic E-state index is 9.50. The molecule has 0 aliphatic rings. The summed E-state index contributed by atoms with van der Waals surface area (Å²) in [5.74, 6) is 0. The van der Waals surface area contributed by atoms with Crippen LogP contribution in [0.2, 0.25) is 0 Å². The van der Waals surface area contributed by atoms with E-state index in [1.54, 1.807) is 0 Å². The molecular weight excluding hydrogens is 86.8 g/mol. The van der Waals surface area contributed by atoms with Gasteiger partial charge in [0.25, 0.3) is 0 Å². The van der Waals surface area contributed by atoms with Gasteiger partial charge >= 0.3 is 7.83 Å². The van der Waals surface area contributed by atoms with E-state index in [9.17, 15) is 8.63 Å². The van der Waals surface area contributed by atoms with E-state index in [1.165, 1.54) is 0 Å². The number of nitrogens with one attached hydrogen (secondary N) is 1. The van der Waals surface area contributed by atoms with Gasteiger partial charge in [0.2, 0.25) is 0 Å². The summed E-state index contributed by atoms with van der Waals surface area (Å²) in [4.78, 5) is 0. The smallest absolute Gasteiger partial charge is 0.323 e. The van der Waals surface area contributed by atoms with Crippen molar-refractivity contribution in [2.45, 2.75) is 0 Å². The van der Waals surface area contributed by atoms with Crippen molar-refractivity contribution in [3.63, 3.8) is 0 Å². The molecule has 0 saturated heterocycles. The summed E-state index contributed by atoms with van der Waals surface area (Å²) in [6.07, 6.45) is 0. The molecule has 0 bridgehead atoms. The molecule has 0 saturated carbocycles. The summed E-state index contributed by atoms with van der Waals surface area (Å²) in [6, 6.07) is 0. The van der Waals surface area contributed by atoms with Crippen molar-refractivity contribution < 1.29 is 8.63 Å². The van der Waals surface area contributed by atoms with Crippen molar-refractivity contribution in [3.8, 4) is 0 Å². The molecule has 0 spiro atoms. The first-order chi connectivity index (χ1) is 2.83. The zero-order valence-corrected chi connectivity index (χ0v) is 3.83. The average molecular weight is 93.9 g/mol. The van der Waals surface area contributed by atoms with Gasteiger partial charge in [0.15, 0.2) is 0 Å². The van der Waals surface area contributed by atoms with Crippen LogP contribution in [0.1, 0.15) is 0 Å². The number of hydrogen-bond donors (Lipinski definition) is 1. The van der Waals surface area contributed by atoms with Gasteiger partial charge in [0, 0.05) is 0 Å². The molecule has 0 unspecified atom stereocenters. The summed E-state index contributed by atoms with van der Waals surface area (Å²) in [7, 11) is 2.75. The Hall–Kier alpha value is -0.115. The largest absolute Gasteiger partial charge is 0.577 e. The topological polar surface area (TPSA) is 12.0 Å². The van der Waals surface area contributed by atoms with Crippen LogP contribution in [0.3, 0.4) is 0 Å². The number of halogens is 2. The molecule has 1 nitrogen and oxygen atoms in total. The molecular formula is C2H7BF2N. The first-order valence-corrected chi connectivity index (χ1v) is 1.44. The first kappa shape index (κ1) is 9.30. The zero-order valence-electron chi connectivity index (χ0n) is 3.83. The molecule has 1 radical (unpaired) electrons. The normalized spacial score (nSPS) is 5.33. The quantitative estimate of drug-likeness (QED) is 0.425. The fraction of sp³-hybridized carbons (Fsp3) is 1.00. The summed E-state index contributed by atoms with van der Waals surface area (Å²) in [5, 5.41) is 2.75. The third kappa shape index (κ3) is 2440. The maximum atomic E-state index is 9.50. The standard InChI is InChI=1S/C2H7N.BF2/c1-3-2;2-1-3/h3H,1-2H3;. The Morgan fingerprint density at radius 3 is 1.33 bits per heavy atom. The molecule has 0 aromatic rings. The van der Waals surface area contributed by atoms with Crippen molar-refractivity contribution in [1.82, 2.24) is 5.32 Å². The van der Waals surface area contributed by atoms with E-state index in [4.69, 9.17) is 0 Å². The molecule has 0 heterocycles. The summed E-state index contributed by atoms with van der Waals surface area (Å²) < 4.78 is 19.0. The second-order valence-electron chi connectivity index (χ2n) is 0.582. The molecule has 0 aromatic carbocycles. The highest BCUT2D eigenvalue weighted by Crippen LogP contribution is 1.49. The third-order valence-electron chi connectivity index (χ3n) is 0. The lowest BCUT2D eigenvalue weighted by Gasteiger charge is -1.59. The van der Waals surface area contributed by atoms with Gasteiger partial charge in [-0.1, -0.05) is 0 Å². The molecule has 0 aliphatic heterocycles. The van der Waals surface area contributed by atoms with Crippen LogP contribution in [0.15, 0.2) is 0 Å². The molecule has 0 amide bonds. The predicted molar refractivity (Wildman–Crippen MR) is 23.0 cm³/mol. The second kappa shape index (κ2) is 20.8. The lowest BCUT2D eigenvalue weighted by atomic mass is 10.6. The number of rotatable bonds is 0. The highest BCUT2D eigenvalue weighted by atomic mass is 19.2. The SMILES string of the molecule is CNC.F[B]F. The summed E-state index contributed by atoms with van der Waals surface area (Å²) in [5.41, 5.74) is 0. The minimum atomic E-state index is -1.00. The van der Waals surface area contributed by atoms with Gasteiger partial charge in [0.1, 0.15) is 0 Å². The van der Waals surface area contributed by atoms with Crippen LogP contribution in [-0.2, 0) is 0 Å². The predicted octanol–water partition coefficient (Wildman–Crippen LogP) is 0.295. The van der Waals surface area contributed by atoms with Gasteiger partial charge in [-0.3, -0.25) is 8.63 Å². The Morgan fingerprint density at radius 2 is 1.33 bits per heavy atom. The van der Waals surface area contributed by atoms with E-state index in [2.05, 4.69) is 5.32 Å². The van der Waals surface area contributed by atoms with E-state index in [0.717, 1.165) is 0 Å². The average Bonchev–Trinajstić information content (AvgIpc) is 1.39. The van der Waals surface area contributed by atoms with Gasteiger partial charge in [-0.25, -0.2) is 0 Å². The van der Waals surface area contributed by atoms with Crippen molar-refractivity contribution in [2.24, 2.45) is 0 Å². The lowest BCUT2D eigenvalue weighted by molar-refractivity contribution is 0.712. The van der Waals surface area contributed by atoms with E-state index < -0.39 is 7.83 Å². The molecule has 0 aliphatic carbocycles. The van der Waals surface area contributed by atoms with E-state index in [-0.39, 0.29) is 0 Å². The van der Waals surface area contributed by atoms with Gasteiger partial charge in [0.05, 0.1) is 0 Å². The monoisotopic (exact) mass is 94.1 g/mol. The van der Waals surface area contributed by atoms with E-state index >= 15 is 0 Å². The van der Waals surface area contributed by atoms with Crippen molar-refractivity contribution in [1.29, 1.82) is 0 Å². The van der Waals surface area contributed by atoms with Gasteiger partial charge in [-0.15, -0.1) is 0 Å². The molecule has 0 aromatic heterocycles. The van der Waals surface area contributed by atoms with Crippen LogP contribution < -0.4 is 5.32 Å². The summed E-state index contributed by atoms with van der Waals surface area (Å²) >= 11 is 0. The third-order valence-corrected chi connectivity index (χ3v) is 0. The van der Waals surface area contributed by atoms with Crippen molar-refractivity contribution in [2.75, 3.05) is 14.1 Å². The Balaban J connectivity index is 0. The van der Waals surface area contributed by atoms with Gasteiger partial charge < -0.3 is 5.32 Å². The molecule has 0 fully saturated rings. The minimum absolute atomic E-state index is 1.00. The van der Waals surface area contributed by atoms with E-state index in [1.807, 2.05) is 14.1 Å². The van der Waals surface area contributed by atoms with Crippen LogP contribution >= 0.6 is 0 Å². The fourth-order valence-corrected chi connectivity index (χ4v) is 0. The van der Waals surface area contributed by atoms with Crippen LogP contribution in [0.5, 0.6) is 0 Å². The van der Waals surface area contributed by atoms with Gasteiger partial charge in [-0.2, -0.15) is 0 Å². The van der Waals surface area contributed by atoms with Gasteiger partial charge in [-0.05, 0) is 14.1 Å². The highest BCUT2D eigenvalue weighted by Gasteiger charge is 1.62. The molecule has 1 N–H and O–H groups in total. The lowest BCUT2D eigenvalue weighted by Crippen LogP contribution is -1.89. The molecule has 0 atom stereocenters. The first-order valence-electron chi connectivity index (χ1n) is 1.44. The highest BCUT2D eigenvalue weighted by molar-refractivity contribution is 6.15. The van der Waals surface area contributed by atoms with Crippen LogP contribution in [0.4, 0.5) is 8.63 Å². The molecule has 6 heavy (non-hydrogen) atoms. The van der Waals surface area contributed by atoms with Crippen LogP contribution in [0.25, 0.3) is 0 Å². The zero-order chi connectivity index (χ0) is 5.41. The number of hydrogen-bond acceptors (Lipinski definition) is 1. The maximum Gasteiger partial charge on any atom is 0.577 e. The fourth-order valence-electron chi connectivity index (χ4n) is 0. The Kier molecular flexibility index (Phi) is 32.2. The Bertz CT molecular complexity index is 13.5. The molecule has 4 heteroatoms. The Morgan fingerprint density at radius 1 is 1.33 bits per heavy atom. The Labute approximate surface area is 37.1 Å². The van der Waals surface area contributed by atoms with Crippen molar-refractivity contribution >= 4 is 7.83 Å². The van der Waals surface area contributed by atoms with Crippen LogP contribution in [0, 0.1) is 0 Å². The summed E-state index contributed by atoms with van der Waals surface area (Å²) in [6.45, 7) is 0. The van der Waals surface area contributed by atoms with E-state index in [0.29, 0.717) is 0 Å². The second-order valence-corrected chi connectivity index (χ2v) is 0.582. The molecule has 37 valence electrons. The minimum Gasteiger partial charge on any atom is -0.323 e. The molecule has 0 rings (SSSR count).